The van der Waals surface area contributed by atoms with Crippen LogP contribution in [0.15, 0.2) is 18.5 Å². The normalized spacial score (nSPS) is 11.8. The van der Waals surface area contributed by atoms with Crippen molar-refractivity contribution in [1.29, 1.82) is 0 Å². The number of rotatable bonds is 3. The molecule has 0 radical (unpaired) electrons. The van der Waals surface area contributed by atoms with E-state index in [-0.39, 0.29) is 17.8 Å². The van der Waals surface area contributed by atoms with Crippen LogP contribution in [-0.4, -0.2) is 30.6 Å². The van der Waals surface area contributed by atoms with Gasteiger partial charge in [-0.3, -0.25) is 9.36 Å². The van der Waals surface area contributed by atoms with Gasteiger partial charge in [0.05, 0.1) is 18.4 Å². The zero-order chi connectivity index (χ0) is 14.2. The molecule has 6 nitrogen and oxygen atoms in total. The van der Waals surface area contributed by atoms with Gasteiger partial charge in [-0.25, -0.2) is 4.79 Å². The van der Waals surface area contributed by atoms with Crippen LogP contribution in [0.1, 0.15) is 21.7 Å². The quantitative estimate of drug-likeness (QED) is 0.917. The Hall–Kier alpha value is -2.32. The van der Waals surface area contributed by atoms with E-state index in [4.69, 9.17) is 5.11 Å². The molecule has 0 fully saturated rings. The predicted octanol–water partition coefficient (Wildman–Crippen LogP) is 1.38. The van der Waals surface area contributed by atoms with Gasteiger partial charge in [-0.2, -0.15) is 23.4 Å². The summed E-state index contributed by atoms with van der Waals surface area (Å²) in [6.45, 7) is -0.103. The van der Waals surface area contributed by atoms with Crippen molar-refractivity contribution in [3.05, 3.63) is 35.4 Å². The lowest BCUT2D eigenvalue weighted by molar-refractivity contribution is -0.141. The maximum Gasteiger partial charge on any atom is 0.435 e. The van der Waals surface area contributed by atoms with Gasteiger partial charge >= 0.3 is 12.1 Å². The number of carbonyl (C=O) groups is 1. The van der Waals surface area contributed by atoms with Gasteiger partial charge < -0.3 is 5.11 Å². The van der Waals surface area contributed by atoms with E-state index in [1.165, 1.54) is 11.7 Å². The van der Waals surface area contributed by atoms with Crippen molar-refractivity contribution in [3.63, 3.8) is 0 Å². The number of nitrogens with zero attached hydrogens (tertiary/aromatic N) is 4. The van der Waals surface area contributed by atoms with Gasteiger partial charge in [0.1, 0.15) is 5.56 Å². The molecule has 2 heterocycles. The summed E-state index contributed by atoms with van der Waals surface area (Å²) in [7, 11) is 1.51. The summed E-state index contributed by atoms with van der Waals surface area (Å²) < 4.78 is 39.4. The van der Waals surface area contributed by atoms with Crippen LogP contribution in [0.3, 0.4) is 0 Å². The Bertz CT molecular complexity index is 615. The highest BCUT2D eigenvalue weighted by molar-refractivity contribution is 5.88. The number of alkyl halides is 3. The molecule has 1 N–H and O–H groups in total. The summed E-state index contributed by atoms with van der Waals surface area (Å²) in [5, 5.41) is 16.0. The standard InChI is InChI=1S/C10H9F3N4O2/c1-16-7(6(4-14-16)9(18)19)5-17-3-2-8(15-17)10(11,12)13/h2-4H,5H2,1H3,(H,18,19). The molecule has 0 aromatic carbocycles. The van der Waals surface area contributed by atoms with Crippen molar-refractivity contribution in [2.45, 2.75) is 12.7 Å². The van der Waals surface area contributed by atoms with Crippen LogP contribution < -0.4 is 0 Å². The molecular weight excluding hydrogens is 265 g/mol. The number of aromatic nitrogens is 4. The van der Waals surface area contributed by atoms with Gasteiger partial charge in [0.2, 0.25) is 0 Å². The highest BCUT2D eigenvalue weighted by atomic mass is 19.4. The summed E-state index contributed by atoms with van der Waals surface area (Å²) in [6.07, 6.45) is -2.24. The van der Waals surface area contributed by atoms with E-state index in [1.54, 1.807) is 0 Å². The van der Waals surface area contributed by atoms with Crippen LogP contribution in [0, 0.1) is 0 Å². The summed E-state index contributed by atoms with van der Waals surface area (Å²) >= 11 is 0. The van der Waals surface area contributed by atoms with Crippen LogP contribution in [-0.2, 0) is 19.8 Å². The average molecular weight is 274 g/mol. The molecule has 0 aliphatic carbocycles. The molecule has 0 atom stereocenters. The molecule has 0 aliphatic rings. The zero-order valence-electron chi connectivity index (χ0n) is 9.72. The molecule has 19 heavy (non-hydrogen) atoms. The Morgan fingerprint density at radius 1 is 1.47 bits per heavy atom. The molecule has 0 bridgehead atoms. The van der Waals surface area contributed by atoms with E-state index >= 15 is 0 Å². The zero-order valence-corrected chi connectivity index (χ0v) is 9.72. The minimum Gasteiger partial charge on any atom is -0.478 e. The number of aromatic carboxylic acids is 1. The molecule has 0 saturated carbocycles. The fourth-order valence-corrected chi connectivity index (χ4v) is 1.58. The van der Waals surface area contributed by atoms with Gasteiger partial charge in [0, 0.05) is 13.2 Å². The third-order valence-corrected chi connectivity index (χ3v) is 2.53. The summed E-state index contributed by atoms with van der Waals surface area (Å²) in [6, 6.07) is 0.830. The summed E-state index contributed by atoms with van der Waals surface area (Å²) in [5.41, 5.74) is -0.817. The Labute approximate surface area is 105 Å². The summed E-state index contributed by atoms with van der Waals surface area (Å²) in [4.78, 5) is 10.9. The molecule has 0 saturated heterocycles. The van der Waals surface area contributed by atoms with Crippen molar-refractivity contribution < 1.29 is 23.1 Å². The van der Waals surface area contributed by atoms with E-state index in [9.17, 15) is 18.0 Å². The highest BCUT2D eigenvalue weighted by Crippen LogP contribution is 2.27. The molecular formula is C10H9F3N4O2. The van der Waals surface area contributed by atoms with Crippen LogP contribution >= 0.6 is 0 Å². The first-order valence-corrected chi connectivity index (χ1v) is 5.14. The second-order valence-electron chi connectivity index (χ2n) is 3.83. The van der Waals surface area contributed by atoms with E-state index in [0.717, 1.165) is 23.1 Å². The number of hydrogen-bond donors (Lipinski definition) is 1. The van der Waals surface area contributed by atoms with Gasteiger partial charge in [0.15, 0.2) is 5.69 Å². The molecule has 2 rings (SSSR count). The van der Waals surface area contributed by atoms with Crippen molar-refractivity contribution in [3.8, 4) is 0 Å². The number of halogens is 3. The third kappa shape index (κ3) is 2.59. The van der Waals surface area contributed by atoms with E-state index < -0.39 is 17.8 Å². The van der Waals surface area contributed by atoms with E-state index in [0.29, 0.717) is 0 Å². The van der Waals surface area contributed by atoms with Crippen LogP contribution in [0.25, 0.3) is 0 Å². The lowest BCUT2D eigenvalue weighted by Gasteiger charge is -2.05. The third-order valence-electron chi connectivity index (χ3n) is 2.53. The molecule has 0 spiro atoms. The van der Waals surface area contributed by atoms with Crippen molar-refractivity contribution >= 4 is 5.97 Å². The molecule has 102 valence electrons. The lowest BCUT2D eigenvalue weighted by atomic mass is 10.2. The van der Waals surface area contributed by atoms with Gasteiger partial charge in [-0.05, 0) is 6.07 Å². The topological polar surface area (TPSA) is 72.9 Å². The smallest absolute Gasteiger partial charge is 0.435 e. The minimum atomic E-state index is -4.52. The molecule has 0 amide bonds. The maximum absolute atomic E-state index is 12.4. The van der Waals surface area contributed by atoms with Crippen molar-refractivity contribution in [2.24, 2.45) is 7.05 Å². The Balaban J connectivity index is 2.29. The molecule has 2 aromatic rings. The second-order valence-corrected chi connectivity index (χ2v) is 3.83. The molecule has 0 aliphatic heterocycles. The fourth-order valence-electron chi connectivity index (χ4n) is 1.58. The largest absolute Gasteiger partial charge is 0.478 e. The Morgan fingerprint density at radius 2 is 2.16 bits per heavy atom. The monoisotopic (exact) mass is 274 g/mol. The fraction of sp³-hybridized carbons (Fsp3) is 0.300. The first-order valence-electron chi connectivity index (χ1n) is 5.14. The van der Waals surface area contributed by atoms with Crippen LogP contribution in [0.5, 0.6) is 0 Å². The second kappa shape index (κ2) is 4.41. The number of hydrogen-bond acceptors (Lipinski definition) is 3. The number of carboxylic acids is 1. The lowest BCUT2D eigenvalue weighted by Crippen LogP contribution is -2.12. The number of aryl methyl sites for hydroxylation is 1. The first-order chi connectivity index (χ1) is 8.79. The average Bonchev–Trinajstić information content (AvgIpc) is 2.87. The molecule has 9 heteroatoms. The van der Waals surface area contributed by atoms with Crippen molar-refractivity contribution in [1.82, 2.24) is 19.6 Å². The summed E-state index contributed by atoms with van der Waals surface area (Å²) in [5.74, 6) is -1.19. The van der Waals surface area contributed by atoms with Gasteiger partial charge in [0.25, 0.3) is 0 Å². The minimum absolute atomic E-state index is 0.0634. The van der Waals surface area contributed by atoms with Gasteiger partial charge in [-0.1, -0.05) is 0 Å². The molecule has 0 unspecified atom stereocenters. The molecule has 2 aromatic heterocycles. The van der Waals surface area contributed by atoms with E-state index in [2.05, 4.69) is 10.2 Å². The van der Waals surface area contributed by atoms with Crippen molar-refractivity contribution in [2.75, 3.05) is 0 Å². The Kier molecular flexibility index (Phi) is 3.05. The SMILES string of the molecule is Cn1ncc(C(=O)O)c1Cn1ccc(C(F)(F)F)n1. The van der Waals surface area contributed by atoms with Crippen LogP contribution in [0.2, 0.25) is 0 Å². The highest BCUT2D eigenvalue weighted by Gasteiger charge is 2.33. The Morgan fingerprint density at radius 3 is 2.68 bits per heavy atom. The first kappa shape index (κ1) is 13.1. The number of carboxylic acid groups (broad SMARTS) is 1. The maximum atomic E-state index is 12.4. The van der Waals surface area contributed by atoms with Gasteiger partial charge in [-0.15, -0.1) is 0 Å². The predicted molar refractivity (Wildman–Crippen MR) is 56.5 cm³/mol. The van der Waals surface area contributed by atoms with E-state index in [1.807, 2.05) is 0 Å². The van der Waals surface area contributed by atoms with Crippen LogP contribution in [0.4, 0.5) is 13.2 Å².